The summed E-state index contributed by atoms with van der Waals surface area (Å²) < 4.78 is 5.05. The highest BCUT2D eigenvalue weighted by atomic mass is 16.5. The first-order valence-electron chi connectivity index (χ1n) is 4.28. The molecule has 0 bridgehead atoms. The van der Waals surface area contributed by atoms with Crippen LogP contribution in [0.1, 0.15) is 26.2 Å². The summed E-state index contributed by atoms with van der Waals surface area (Å²) in [6.45, 7) is 1.44. The maximum Gasteiger partial charge on any atom is 0.303 e. The number of rotatable bonds is 1. The van der Waals surface area contributed by atoms with Gasteiger partial charge in [0.15, 0.2) is 0 Å². The van der Waals surface area contributed by atoms with Crippen molar-refractivity contribution in [2.45, 2.75) is 32.3 Å². The molecule has 2 nitrogen and oxygen atoms in total. The third kappa shape index (κ3) is 3.37. The van der Waals surface area contributed by atoms with Crippen LogP contribution in [0, 0.1) is 0 Å². The lowest BCUT2D eigenvalue weighted by atomic mass is 10.1. The highest BCUT2D eigenvalue weighted by Gasteiger charge is 2.06. The number of hydrogen-bond acceptors (Lipinski definition) is 2. The van der Waals surface area contributed by atoms with Crippen molar-refractivity contribution < 1.29 is 9.53 Å². The van der Waals surface area contributed by atoms with E-state index in [0.29, 0.717) is 0 Å². The fourth-order valence-corrected chi connectivity index (χ4v) is 1.17. The average molecular weight is 166 g/mol. The Hall–Kier alpha value is -1.05. The molecule has 0 amide bonds. The number of carbonyl (C=O) groups excluding carboxylic acids is 1. The van der Waals surface area contributed by atoms with Crippen molar-refractivity contribution in [3.63, 3.8) is 0 Å². The van der Waals surface area contributed by atoms with Crippen LogP contribution in [0.25, 0.3) is 0 Å². The van der Waals surface area contributed by atoms with Crippen molar-refractivity contribution in [1.82, 2.24) is 0 Å². The number of ether oxygens (including phenoxy) is 1. The van der Waals surface area contributed by atoms with Gasteiger partial charge in [-0.15, -0.1) is 0 Å². The van der Waals surface area contributed by atoms with E-state index in [1.807, 2.05) is 6.08 Å². The van der Waals surface area contributed by atoms with E-state index in [1.54, 1.807) is 0 Å². The summed E-state index contributed by atoms with van der Waals surface area (Å²) in [6, 6.07) is 0. The second-order valence-electron chi connectivity index (χ2n) is 2.86. The number of esters is 1. The first-order valence-corrected chi connectivity index (χ1v) is 4.28. The van der Waals surface area contributed by atoms with Gasteiger partial charge in [-0.1, -0.05) is 18.2 Å². The first kappa shape index (κ1) is 9.04. The molecule has 0 radical (unpaired) electrons. The van der Waals surface area contributed by atoms with Gasteiger partial charge in [-0.2, -0.15) is 0 Å². The lowest BCUT2D eigenvalue weighted by Crippen LogP contribution is -2.12. The molecule has 0 unspecified atom stereocenters. The lowest BCUT2D eigenvalue weighted by Gasteiger charge is -2.11. The van der Waals surface area contributed by atoms with Crippen molar-refractivity contribution in [2.24, 2.45) is 0 Å². The van der Waals surface area contributed by atoms with Crippen LogP contribution < -0.4 is 0 Å². The van der Waals surface area contributed by atoms with Crippen LogP contribution in [0.5, 0.6) is 0 Å². The summed E-state index contributed by atoms with van der Waals surface area (Å²) in [4.78, 5) is 10.6. The standard InChI is InChI=1S/C10H14O2/c1-9(11)12-10-7-5-3-2-4-6-8-10/h3,5-6,8,10H,2,4,7H2,1H3/b5-3?,8-6+/t10-/m1/s1. The molecule has 12 heavy (non-hydrogen) atoms. The van der Waals surface area contributed by atoms with Crippen LogP contribution in [0.4, 0.5) is 0 Å². The molecule has 66 valence electrons. The van der Waals surface area contributed by atoms with Gasteiger partial charge >= 0.3 is 5.97 Å². The zero-order valence-corrected chi connectivity index (χ0v) is 7.32. The van der Waals surface area contributed by atoms with E-state index in [1.165, 1.54) is 6.92 Å². The predicted molar refractivity (Wildman–Crippen MR) is 47.7 cm³/mol. The van der Waals surface area contributed by atoms with Crippen molar-refractivity contribution in [3.05, 3.63) is 24.3 Å². The largest absolute Gasteiger partial charge is 0.458 e. The molecular formula is C10H14O2. The molecule has 0 aromatic heterocycles. The normalized spacial score (nSPS) is 25.6. The van der Waals surface area contributed by atoms with Crippen LogP contribution in [0.3, 0.4) is 0 Å². The third-order valence-electron chi connectivity index (χ3n) is 1.70. The Morgan fingerprint density at radius 3 is 2.83 bits per heavy atom. The molecule has 0 saturated heterocycles. The fourth-order valence-electron chi connectivity index (χ4n) is 1.17. The summed E-state index contributed by atoms with van der Waals surface area (Å²) in [5, 5.41) is 0. The van der Waals surface area contributed by atoms with E-state index >= 15 is 0 Å². The minimum absolute atomic E-state index is 0.0564. The van der Waals surface area contributed by atoms with Crippen LogP contribution in [0.15, 0.2) is 24.3 Å². The van der Waals surface area contributed by atoms with E-state index in [9.17, 15) is 4.79 Å². The monoisotopic (exact) mass is 166 g/mol. The van der Waals surface area contributed by atoms with E-state index in [-0.39, 0.29) is 12.1 Å². The van der Waals surface area contributed by atoms with Crippen molar-refractivity contribution in [2.75, 3.05) is 0 Å². The van der Waals surface area contributed by atoms with Crippen molar-refractivity contribution >= 4 is 5.97 Å². The molecule has 0 saturated carbocycles. The maximum absolute atomic E-state index is 10.6. The predicted octanol–water partition coefficient (Wildman–Crippen LogP) is 2.21. The van der Waals surface area contributed by atoms with Crippen LogP contribution in [0.2, 0.25) is 0 Å². The zero-order valence-electron chi connectivity index (χ0n) is 7.32. The maximum atomic E-state index is 10.6. The van der Waals surface area contributed by atoms with Gasteiger partial charge < -0.3 is 4.74 Å². The van der Waals surface area contributed by atoms with Gasteiger partial charge in [-0.05, 0) is 18.9 Å². The molecule has 0 spiro atoms. The van der Waals surface area contributed by atoms with Gasteiger partial charge in [-0.25, -0.2) is 0 Å². The van der Waals surface area contributed by atoms with Gasteiger partial charge in [0.1, 0.15) is 6.10 Å². The number of hydrogen-bond donors (Lipinski definition) is 0. The Labute approximate surface area is 72.9 Å². The number of carbonyl (C=O) groups is 1. The Balaban J connectivity index is 2.44. The van der Waals surface area contributed by atoms with Crippen LogP contribution >= 0.6 is 0 Å². The van der Waals surface area contributed by atoms with Gasteiger partial charge in [0, 0.05) is 13.3 Å². The summed E-state index contributed by atoms with van der Waals surface area (Å²) in [5.74, 6) is -0.210. The second-order valence-corrected chi connectivity index (χ2v) is 2.86. The molecule has 2 heteroatoms. The van der Waals surface area contributed by atoms with Gasteiger partial charge in [-0.3, -0.25) is 4.79 Å². The first-order chi connectivity index (χ1) is 5.79. The van der Waals surface area contributed by atoms with E-state index in [0.717, 1.165) is 19.3 Å². The molecule has 1 atom stereocenters. The molecular weight excluding hydrogens is 152 g/mol. The molecule has 1 rings (SSSR count). The smallest absolute Gasteiger partial charge is 0.303 e. The topological polar surface area (TPSA) is 26.3 Å². The molecule has 1 aliphatic carbocycles. The zero-order chi connectivity index (χ0) is 8.81. The summed E-state index contributed by atoms with van der Waals surface area (Å²) in [6.07, 6.45) is 11.1. The fraction of sp³-hybridized carbons (Fsp3) is 0.500. The van der Waals surface area contributed by atoms with E-state index < -0.39 is 0 Å². The van der Waals surface area contributed by atoms with Gasteiger partial charge in [0.2, 0.25) is 0 Å². The quantitative estimate of drug-likeness (QED) is 0.441. The average Bonchev–Trinajstić information content (AvgIpc) is 1.93. The Bertz CT molecular complexity index is 204. The highest BCUT2D eigenvalue weighted by molar-refractivity contribution is 5.66. The second kappa shape index (κ2) is 4.75. The van der Waals surface area contributed by atoms with Crippen LogP contribution in [-0.4, -0.2) is 12.1 Å². The summed E-state index contributed by atoms with van der Waals surface area (Å²) >= 11 is 0. The third-order valence-corrected chi connectivity index (χ3v) is 1.70. The van der Waals surface area contributed by atoms with Gasteiger partial charge in [0.25, 0.3) is 0 Å². The number of allylic oxidation sites excluding steroid dienone is 2. The summed E-state index contributed by atoms with van der Waals surface area (Å²) in [7, 11) is 0. The van der Waals surface area contributed by atoms with Crippen molar-refractivity contribution in [1.29, 1.82) is 0 Å². The molecule has 0 fully saturated rings. The summed E-state index contributed by atoms with van der Waals surface area (Å²) in [5.41, 5.74) is 0. The lowest BCUT2D eigenvalue weighted by molar-refractivity contribution is -0.143. The van der Waals surface area contributed by atoms with Crippen LogP contribution in [-0.2, 0) is 9.53 Å². The minimum Gasteiger partial charge on any atom is -0.458 e. The Kier molecular flexibility index (Phi) is 3.58. The molecule has 0 N–H and O–H groups in total. The Morgan fingerprint density at radius 2 is 2.08 bits per heavy atom. The molecule has 0 heterocycles. The molecule has 1 aliphatic rings. The van der Waals surface area contributed by atoms with Gasteiger partial charge in [0.05, 0.1) is 0 Å². The van der Waals surface area contributed by atoms with E-state index in [4.69, 9.17) is 4.74 Å². The molecule has 0 aromatic carbocycles. The SMILES string of the molecule is CC(=O)O[C@H]1/C=C/CCC=CC1. The van der Waals surface area contributed by atoms with E-state index in [2.05, 4.69) is 18.2 Å². The molecule has 0 aliphatic heterocycles. The Morgan fingerprint density at radius 1 is 1.33 bits per heavy atom. The highest BCUT2D eigenvalue weighted by Crippen LogP contribution is 2.08. The molecule has 0 aromatic rings. The minimum atomic E-state index is -0.210. The van der Waals surface area contributed by atoms with Crippen molar-refractivity contribution in [3.8, 4) is 0 Å².